The van der Waals surface area contributed by atoms with Crippen LogP contribution in [0.2, 0.25) is 0 Å². The number of carbonyl (C=O) groups excluding carboxylic acids is 1. The molecule has 0 aliphatic carbocycles. The fraction of sp³-hybridized carbons (Fsp3) is 0.312. The molecule has 1 aromatic carbocycles. The first kappa shape index (κ1) is 19.3. The maximum Gasteiger partial charge on any atom is 0.418 e. The summed E-state index contributed by atoms with van der Waals surface area (Å²) in [7, 11) is 3.73. The average Bonchev–Trinajstić information content (AvgIpc) is 2.58. The molecule has 0 unspecified atom stereocenters. The van der Waals surface area contributed by atoms with Crippen molar-refractivity contribution in [3.63, 3.8) is 0 Å². The highest BCUT2D eigenvalue weighted by molar-refractivity contribution is 5.90. The van der Waals surface area contributed by atoms with E-state index in [2.05, 4.69) is 26.1 Å². The Bertz CT molecular complexity index is 751. The fourth-order valence-corrected chi connectivity index (χ4v) is 2.06. The number of nitrogens with one attached hydrogen (secondary N) is 3. The quantitative estimate of drug-likeness (QED) is 0.683. The van der Waals surface area contributed by atoms with E-state index in [1.165, 1.54) is 18.2 Å². The number of amides is 2. The molecule has 2 rings (SSSR count). The Hall–Kier alpha value is -3.04. The van der Waals surface area contributed by atoms with Gasteiger partial charge in [0.15, 0.2) is 5.82 Å². The zero-order valence-corrected chi connectivity index (χ0v) is 14.3. The molecule has 0 bridgehead atoms. The molecule has 0 spiro atoms. The number of hydrogen-bond acceptors (Lipinski definition) is 5. The van der Waals surface area contributed by atoms with E-state index in [1.807, 2.05) is 19.0 Å². The van der Waals surface area contributed by atoms with Crippen molar-refractivity contribution in [2.45, 2.75) is 6.18 Å². The number of aromatic nitrogens is 2. The molecule has 26 heavy (non-hydrogen) atoms. The second kappa shape index (κ2) is 8.37. The summed E-state index contributed by atoms with van der Waals surface area (Å²) < 4.78 is 38.7. The van der Waals surface area contributed by atoms with Gasteiger partial charge < -0.3 is 20.9 Å². The van der Waals surface area contributed by atoms with Gasteiger partial charge in [-0.15, -0.1) is 5.10 Å². The first-order valence-corrected chi connectivity index (χ1v) is 7.72. The van der Waals surface area contributed by atoms with Crippen molar-refractivity contribution in [1.29, 1.82) is 0 Å². The van der Waals surface area contributed by atoms with E-state index in [-0.39, 0.29) is 12.2 Å². The van der Waals surface area contributed by atoms with E-state index < -0.39 is 17.8 Å². The summed E-state index contributed by atoms with van der Waals surface area (Å²) in [4.78, 5) is 13.7. The molecular formula is C16H19F3N6O. The third-order valence-electron chi connectivity index (χ3n) is 3.35. The monoisotopic (exact) mass is 368 g/mol. The van der Waals surface area contributed by atoms with Crippen molar-refractivity contribution in [2.75, 3.05) is 42.7 Å². The lowest BCUT2D eigenvalue weighted by Gasteiger charge is -2.14. The molecule has 1 aromatic heterocycles. The standard InChI is InChI=1S/C16H19F3N6O/c1-25(2)11-9-14(24-22-10-11)20-7-8-21-15(26)23-13-6-4-3-5-12(13)16(17,18)19/h3-6,9-10H,7-8H2,1-2H3,(H,20,24)(H2,21,23,26). The number of urea groups is 1. The van der Waals surface area contributed by atoms with E-state index >= 15 is 0 Å². The van der Waals surface area contributed by atoms with Gasteiger partial charge >= 0.3 is 12.2 Å². The topological polar surface area (TPSA) is 82.2 Å². The van der Waals surface area contributed by atoms with Gasteiger partial charge in [0.1, 0.15) is 0 Å². The lowest BCUT2D eigenvalue weighted by atomic mass is 10.1. The molecule has 140 valence electrons. The summed E-state index contributed by atoms with van der Waals surface area (Å²) >= 11 is 0. The van der Waals surface area contributed by atoms with Crippen LogP contribution >= 0.6 is 0 Å². The molecule has 2 aromatic rings. The molecule has 0 atom stereocenters. The fourth-order valence-electron chi connectivity index (χ4n) is 2.06. The third kappa shape index (κ3) is 5.50. The third-order valence-corrected chi connectivity index (χ3v) is 3.35. The summed E-state index contributed by atoms with van der Waals surface area (Å²) in [5, 5.41) is 15.4. The van der Waals surface area contributed by atoms with Crippen LogP contribution in [0.1, 0.15) is 5.56 Å². The predicted octanol–water partition coefficient (Wildman–Crippen LogP) is 2.80. The van der Waals surface area contributed by atoms with Crippen LogP contribution in [0.5, 0.6) is 0 Å². The number of para-hydroxylation sites is 1. The van der Waals surface area contributed by atoms with Crippen molar-refractivity contribution in [1.82, 2.24) is 15.5 Å². The largest absolute Gasteiger partial charge is 0.418 e. The van der Waals surface area contributed by atoms with Gasteiger partial charge in [0.2, 0.25) is 0 Å². The van der Waals surface area contributed by atoms with Gasteiger partial charge in [0.05, 0.1) is 23.1 Å². The molecule has 3 N–H and O–H groups in total. The first-order valence-electron chi connectivity index (χ1n) is 7.72. The molecule has 0 aliphatic heterocycles. The Labute approximate surface area is 148 Å². The molecule has 10 heteroatoms. The van der Waals surface area contributed by atoms with Gasteiger partial charge in [-0.1, -0.05) is 12.1 Å². The van der Waals surface area contributed by atoms with Crippen LogP contribution in [0.25, 0.3) is 0 Å². The zero-order valence-electron chi connectivity index (χ0n) is 14.3. The number of alkyl halides is 3. The molecule has 0 radical (unpaired) electrons. The Morgan fingerprint density at radius 1 is 1.19 bits per heavy atom. The van der Waals surface area contributed by atoms with Crippen molar-refractivity contribution in [3.8, 4) is 0 Å². The van der Waals surface area contributed by atoms with E-state index in [0.29, 0.717) is 12.4 Å². The summed E-state index contributed by atoms with van der Waals surface area (Å²) in [5.74, 6) is 0.529. The Morgan fingerprint density at radius 2 is 1.92 bits per heavy atom. The predicted molar refractivity (Wildman–Crippen MR) is 93.3 cm³/mol. The number of benzene rings is 1. The Balaban J connectivity index is 1.82. The van der Waals surface area contributed by atoms with Crippen molar-refractivity contribution in [3.05, 3.63) is 42.1 Å². The van der Waals surface area contributed by atoms with Crippen LogP contribution in [0.15, 0.2) is 36.5 Å². The number of anilines is 3. The summed E-state index contributed by atoms with van der Waals surface area (Å²) in [6.45, 7) is 0.522. The summed E-state index contributed by atoms with van der Waals surface area (Å²) in [6.07, 6.45) is -2.93. The molecular weight excluding hydrogens is 349 g/mol. The van der Waals surface area contributed by atoms with Crippen LogP contribution in [-0.2, 0) is 6.18 Å². The number of nitrogens with zero attached hydrogens (tertiary/aromatic N) is 3. The lowest BCUT2D eigenvalue weighted by Crippen LogP contribution is -2.33. The van der Waals surface area contributed by atoms with Gasteiger partial charge in [0.25, 0.3) is 0 Å². The smallest absolute Gasteiger partial charge is 0.376 e. The van der Waals surface area contributed by atoms with E-state index in [9.17, 15) is 18.0 Å². The molecule has 0 aliphatic rings. The highest BCUT2D eigenvalue weighted by Gasteiger charge is 2.33. The molecule has 0 saturated carbocycles. The molecule has 0 fully saturated rings. The zero-order chi connectivity index (χ0) is 19.2. The van der Waals surface area contributed by atoms with Gasteiger partial charge in [-0.05, 0) is 12.1 Å². The van der Waals surface area contributed by atoms with Gasteiger partial charge in [-0.2, -0.15) is 18.3 Å². The van der Waals surface area contributed by atoms with Crippen LogP contribution in [-0.4, -0.2) is 43.4 Å². The van der Waals surface area contributed by atoms with Crippen LogP contribution in [0.4, 0.5) is 35.2 Å². The minimum absolute atomic E-state index is 0.188. The normalized spacial score (nSPS) is 11.0. The number of halogens is 3. The second-order valence-corrected chi connectivity index (χ2v) is 5.54. The highest BCUT2D eigenvalue weighted by atomic mass is 19.4. The lowest BCUT2D eigenvalue weighted by molar-refractivity contribution is -0.136. The minimum Gasteiger partial charge on any atom is -0.376 e. The highest BCUT2D eigenvalue weighted by Crippen LogP contribution is 2.34. The summed E-state index contributed by atoms with van der Waals surface area (Å²) in [6, 6.07) is 5.85. The van der Waals surface area contributed by atoms with E-state index in [1.54, 1.807) is 12.3 Å². The van der Waals surface area contributed by atoms with Gasteiger partial charge in [-0.3, -0.25) is 0 Å². The number of carbonyl (C=O) groups is 1. The first-order chi connectivity index (χ1) is 12.3. The second-order valence-electron chi connectivity index (χ2n) is 5.54. The average molecular weight is 368 g/mol. The number of rotatable bonds is 6. The van der Waals surface area contributed by atoms with E-state index in [0.717, 1.165) is 11.8 Å². The van der Waals surface area contributed by atoms with Gasteiger partial charge in [0, 0.05) is 33.3 Å². The van der Waals surface area contributed by atoms with E-state index in [4.69, 9.17) is 0 Å². The summed E-state index contributed by atoms with van der Waals surface area (Å²) in [5.41, 5.74) is -0.337. The minimum atomic E-state index is -4.54. The van der Waals surface area contributed by atoms with Crippen molar-refractivity contribution < 1.29 is 18.0 Å². The molecule has 2 amide bonds. The SMILES string of the molecule is CN(C)c1cnnc(NCCNC(=O)Nc2ccccc2C(F)(F)F)c1. The maximum atomic E-state index is 12.9. The molecule has 1 heterocycles. The maximum absolute atomic E-state index is 12.9. The Morgan fingerprint density at radius 3 is 2.62 bits per heavy atom. The van der Waals surface area contributed by atoms with Crippen LogP contribution in [0.3, 0.4) is 0 Å². The molecule has 0 saturated heterocycles. The van der Waals surface area contributed by atoms with Crippen LogP contribution in [0, 0.1) is 0 Å². The van der Waals surface area contributed by atoms with Gasteiger partial charge in [-0.25, -0.2) is 4.79 Å². The van der Waals surface area contributed by atoms with Crippen molar-refractivity contribution in [2.24, 2.45) is 0 Å². The molecule has 7 nitrogen and oxygen atoms in total. The Kier molecular flexibility index (Phi) is 6.21. The van der Waals surface area contributed by atoms with Crippen molar-refractivity contribution >= 4 is 23.2 Å². The van der Waals surface area contributed by atoms with Crippen LogP contribution < -0.4 is 20.9 Å². The number of hydrogen-bond donors (Lipinski definition) is 3.